The van der Waals surface area contributed by atoms with Gasteiger partial charge in [-0.2, -0.15) is 0 Å². The van der Waals surface area contributed by atoms with Gasteiger partial charge >= 0.3 is 5.97 Å². The first-order valence-corrected chi connectivity index (χ1v) is 59.6. The highest BCUT2D eigenvalue weighted by atomic mass is 79.9. The van der Waals surface area contributed by atoms with Crippen LogP contribution in [0.2, 0.25) is 21.7 Å². The molecule has 150 heavy (non-hydrogen) atoms. The first-order chi connectivity index (χ1) is 72.8. The Morgan fingerprint density at radius 1 is 0.313 bits per heavy atom. The van der Waals surface area contributed by atoms with Crippen LogP contribution in [0.5, 0.6) is 34.5 Å². The van der Waals surface area contributed by atoms with Crippen molar-refractivity contribution in [3.63, 3.8) is 0 Å². The number of rotatable bonds is 23. The molecule has 7 fully saturated rings. The Morgan fingerprint density at radius 2 is 0.580 bits per heavy atom. The summed E-state index contributed by atoms with van der Waals surface area (Å²) < 4.78 is 47.5. The zero-order valence-corrected chi connectivity index (χ0v) is 94.2. The molecule has 15 aromatic rings. The van der Waals surface area contributed by atoms with E-state index in [1.807, 2.05) is 103 Å². The van der Waals surface area contributed by atoms with Crippen molar-refractivity contribution in [1.82, 2.24) is 30.7 Å². The second-order valence-electron chi connectivity index (χ2n) is 39.4. The number of aliphatic hydroxyl groups is 3. The fraction of sp³-hybridized carbons (Fsp3) is 0.381. The fourth-order valence-electron chi connectivity index (χ4n) is 21.2. The van der Waals surface area contributed by atoms with Gasteiger partial charge in [0.2, 0.25) is 17.7 Å². The zero-order chi connectivity index (χ0) is 104. The molecule has 10 aliphatic heterocycles. The van der Waals surface area contributed by atoms with Gasteiger partial charge in [-0.25, -0.2) is 0 Å². The number of carbonyl (C=O) groups excluding carboxylic acids is 3. The highest BCUT2D eigenvalue weighted by Gasteiger charge is 2.39. The first-order valence-electron chi connectivity index (χ1n) is 51.1. The molecule has 3 amide bonds. The van der Waals surface area contributed by atoms with Gasteiger partial charge in [0.15, 0.2) is 34.5 Å². The molecule has 7 N–H and O–H groups in total. The maximum absolute atomic E-state index is 13.5. The Labute approximate surface area is 937 Å². The Bertz CT molecular complexity index is 6820. The number of aliphatic carboxylic acids is 1. The number of likely N-dealkylation sites (tertiary alicyclic amines) is 3. The molecule has 0 radical (unpaired) electrons. The van der Waals surface area contributed by atoms with Gasteiger partial charge in [-0.3, -0.25) is 19.2 Å². The third-order valence-corrected chi connectivity index (χ3v) is 37.3. The topological polar surface area (TPSA) is 263 Å². The van der Waals surface area contributed by atoms with Crippen molar-refractivity contribution in [2.75, 3.05) is 171 Å². The second kappa shape index (κ2) is 50.1. The summed E-state index contributed by atoms with van der Waals surface area (Å²) in [6.45, 7) is 16.7. The van der Waals surface area contributed by atoms with Crippen LogP contribution in [0, 0.1) is 23.7 Å². The standard InChI is InChI=1S/3C28H32ClN3O4S.C13H12ClNO2S.C8H4BrClS.C8H5BrS/c3*29-26-14-18-3-5-21(15-25(18)37-26)32-10-7-20(16-32)28(34)30-22(17-31-8-1-2-9-31)27(33)19-4-6-23-24(13-19)36-12-11-35-23;14-12-5-8-1-2-10(6-11(8)18-12)15-4-3-9(7-15)13(16)17;9-6-2-1-5-3-8(10)11-7(5)4-6;9-7-2-1-6-3-4-10-8(6)5-7/h3*3-6,13-15,20,22,27,33H,1-2,7-12,16-17H2,(H,30,34);1-2,5-6,9H,3-4,7H2,(H,16,17);1-4H;1-5H/t20?,22-,27-;20-,22+,27+;20-,22-,27-;;;/m101.../s1. The van der Waals surface area contributed by atoms with E-state index in [2.05, 4.69) is 185 Å². The molecule has 2 unspecified atom stereocenters. The van der Waals surface area contributed by atoms with E-state index in [1.54, 1.807) is 68.0 Å². The van der Waals surface area contributed by atoms with Gasteiger partial charge in [-0.15, -0.1) is 68.0 Å². The van der Waals surface area contributed by atoms with Gasteiger partial charge in [-0.1, -0.05) is 144 Å². The van der Waals surface area contributed by atoms with Crippen molar-refractivity contribution in [1.29, 1.82) is 0 Å². The van der Waals surface area contributed by atoms with Gasteiger partial charge < -0.3 is 99.1 Å². The van der Waals surface area contributed by atoms with E-state index in [1.165, 1.54) is 20.2 Å². The number of hydrogen-bond acceptors (Lipinski definition) is 26. The van der Waals surface area contributed by atoms with Crippen LogP contribution in [-0.4, -0.2) is 228 Å². The predicted octanol–water partition coefficient (Wildman–Crippen LogP) is 24.8. The summed E-state index contributed by atoms with van der Waals surface area (Å²) >= 11 is 46.9. The number of fused-ring (bicyclic) bond motifs is 9. The van der Waals surface area contributed by atoms with Gasteiger partial charge in [0.1, 0.15) is 58.0 Å². The van der Waals surface area contributed by atoms with E-state index in [0.29, 0.717) is 120 Å². The molecule has 0 saturated carbocycles. The average Bonchev–Trinajstić information content (AvgIpc) is 1.63. The number of nitrogens with zero attached hydrogens (tertiary/aromatic N) is 7. The quantitative estimate of drug-likeness (QED) is 0.0314. The molecule has 0 aliphatic carbocycles. The summed E-state index contributed by atoms with van der Waals surface area (Å²) in [5.41, 5.74) is 6.62. The molecular weight excluding hydrogens is 2250 g/mol. The summed E-state index contributed by atoms with van der Waals surface area (Å²) in [7, 11) is 0. The minimum absolute atomic E-state index is 0.00327. The number of hydrogen-bond donors (Lipinski definition) is 7. The molecule has 37 heteroatoms. The molecule has 9 aromatic carbocycles. The third-order valence-electron chi connectivity index (χ3n) is 29.3. The van der Waals surface area contributed by atoms with Crippen molar-refractivity contribution in [2.45, 2.75) is 101 Å². The van der Waals surface area contributed by atoms with Crippen molar-refractivity contribution < 1.29 is 68.0 Å². The number of carbonyl (C=O) groups is 4. The lowest BCUT2D eigenvalue weighted by molar-refractivity contribution is -0.141. The molecule has 10 aliphatic rings. The number of carboxylic acid groups (broad SMARTS) is 1. The van der Waals surface area contributed by atoms with Crippen LogP contribution in [0.3, 0.4) is 0 Å². The van der Waals surface area contributed by atoms with E-state index < -0.39 is 42.4 Å². The molecule has 0 spiro atoms. The summed E-state index contributed by atoms with van der Waals surface area (Å²) in [5, 5.41) is 62.1. The van der Waals surface area contributed by atoms with Crippen molar-refractivity contribution >= 4 is 265 Å². The van der Waals surface area contributed by atoms with E-state index in [0.717, 1.165) is 240 Å². The van der Waals surface area contributed by atoms with Crippen LogP contribution in [0.4, 0.5) is 22.7 Å². The van der Waals surface area contributed by atoms with E-state index in [-0.39, 0.29) is 41.4 Å². The van der Waals surface area contributed by atoms with Crippen molar-refractivity contribution in [2.24, 2.45) is 23.7 Å². The van der Waals surface area contributed by atoms with Gasteiger partial charge in [0.25, 0.3) is 0 Å². The normalized spacial score (nSPS) is 19.6. The number of carboxylic acids is 1. The largest absolute Gasteiger partial charge is 0.486 e. The summed E-state index contributed by atoms with van der Waals surface area (Å²) in [5.74, 6) is 2.69. The molecule has 788 valence electrons. The zero-order valence-electron chi connectivity index (χ0n) is 82.3. The van der Waals surface area contributed by atoms with Crippen LogP contribution in [0.1, 0.15) is 99.2 Å². The van der Waals surface area contributed by atoms with E-state index in [9.17, 15) is 34.5 Å². The Morgan fingerprint density at radius 3 is 0.880 bits per heavy atom. The Hall–Kier alpha value is -9.21. The lowest BCUT2D eigenvalue weighted by Gasteiger charge is -2.30. The number of anilines is 4. The van der Waals surface area contributed by atoms with Crippen LogP contribution >= 0.6 is 158 Å². The average molecular weight is 2370 g/mol. The lowest BCUT2D eigenvalue weighted by Crippen LogP contribution is -2.48. The van der Waals surface area contributed by atoms with Crippen LogP contribution in [-0.2, 0) is 19.2 Å². The maximum Gasteiger partial charge on any atom is 0.308 e. The van der Waals surface area contributed by atoms with Crippen molar-refractivity contribution in [3.8, 4) is 34.5 Å². The summed E-state index contributed by atoms with van der Waals surface area (Å²) in [6.07, 6.45) is 7.45. The number of amides is 3. The molecule has 10 atom stereocenters. The molecule has 0 bridgehead atoms. The van der Waals surface area contributed by atoms with E-state index >= 15 is 0 Å². The predicted molar refractivity (Wildman–Crippen MR) is 620 cm³/mol. The first kappa shape index (κ1) is 108. The Balaban J connectivity index is 0.000000115. The third kappa shape index (κ3) is 27.1. The minimum atomic E-state index is -0.844. The van der Waals surface area contributed by atoms with Crippen LogP contribution in [0.15, 0.2) is 215 Å². The van der Waals surface area contributed by atoms with Crippen LogP contribution < -0.4 is 64.0 Å². The second-order valence-corrected chi connectivity index (χ2v) is 50.8. The number of halogens is 7. The number of thiophene rings is 6. The number of nitrogens with one attached hydrogen (secondary N) is 3. The molecule has 24 nitrogen and oxygen atoms in total. The molecule has 6 aromatic heterocycles. The van der Waals surface area contributed by atoms with Crippen LogP contribution in [0.25, 0.3) is 60.5 Å². The number of benzene rings is 9. The van der Waals surface area contributed by atoms with Gasteiger partial charge in [0, 0.05) is 132 Å². The molecular formula is C113H117Br2Cl5N10O14S6. The highest BCUT2D eigenvalue weighted by Crippen LogP contribution is 2.44. The monoisotopic (exact) mass is 2360 g/mol. The van der Waals surface area contributed by atoms with E-state index in [4.69, 9.17) is 91.5 Å². The van der Waals surface area contributed by atoms with Gasteiger partial charge in [0.05, 0.1) is 63.5 Å². The maximum atomic E-state index is 13.5. The summed E-state index contributed by atoms with van der Waals surface area (Å²) in [4.78, 5) is 67.3. The molecule has 25 rings (SSSR count). The SMILES string of the molecule is Brc1ccc2ccsc2c1.Clc1cc2ccc(Br)cc2s1.O=C(N[C@H](CN1CCCC1)[C@H](O)c1ccc2c(c1)OCCO2)C1CCN(c2ccc3cc(Cl)sc3c2)C1.O=C(N[C@H](CN1CCCC1)[C@H](O)c1ccc2c(c1)OCCO2)[C@@H]1CCN(c2ccc3cc(Cl)sc3c2)C1.O=C(N[C@H](CN1CCCC1)[C@H](O)c1ccc2c(c1)OCCO2)[C@H]1CCN(c2ccc3cc(Cl)sc3c2)C1.O=C(O)C1CCN(c2ccc3cc(Cl)sc3c2)C1. The molecule has 7 saturated heterocycles. The number of ether oxygens (including phenoxy) is 6. The Kier molecular flexibility index (Phi) is 36.0. The fourth-order valence-corrected chi connectivity index (χ4v) is 29.0. The summed E-state index contributed by atoms with van der Waals surface area (Å²) in [6, 6.07) is 65.2. The minimum Gasteiger partial charge on any atom is -0.486 e. The highest BCUT2D eigenvalue weighted by molar-refractivity contribution is 9.10. The number of aliphatic hydroxyl groups excluding tert-OH is 3. The lowest BCUT2D eigenvalue weighted by atomic mass is 9.99. The smallest absolute Gasteiger partial charge is 0.308 e. The van der Waals surface area contributed by atoms with Crippen molar-refractivity contribution in [3.05, 3.63) is 253 Å². The molecule has 16 heterocycles. The van der Waals surface area contributed by atoms with Gasteiger partial charge in [-0.05, 0) is 303 Å².